The van der Waals surface area contributed by atoms with Gasteiger partial charge in [0.05, 0.1) is 12.0 Å². The van der Waals surface area contributed by atoms with E-state index in [-0.39, 0.29) is 12.2 Å². The molecule has 1 saturated heterocycles. The van der Waals surface area contributed by atoms with Gasteiger partial charge in [0.2, 0.25) is 5.91 Å². The maximum absolute atomic E-state index is 13.3. The van der Waals surface area contributed by atoms with Crippen LogP contribution in [0.25, 0.3) is 0 Å². The normalized spacial score (nSPS) is 19.6. The van der Waals surface area contributed by atoms with Gasteiger partial charge in [-0.25, -0.2) is 23.9 Å². The van der Waals surface area contributed by atoms with Crippen LogP contribution in [-0.2, 0) is 16.0 Å². The van der Waals surface area contributed by atoms with Crippen molar-refractivity contribution in [2.45, 2.75) is 25.4 Å². The Kier molecular flexibility index (Phi) is 5.25. The summed E-state index contributed by atoms with van der Waals surface area (Å²) in [6.07, 6.45) is 1.60. The maximum atomic E-state index is 13.3. The molecule has 4 N–H and O–H groups in total. The van der Waals surface area contributed by atoms with E-state index in [1.807, 2.05) is 0 Å². The lowest BCUT2D eigenvalue weighted by molar-refractivity contribution is -0.165. The van der Waals surface area contributed by atoms with E-state index in [9.17, 15) is 23.9 Å². The van der Waals surface area contributed by atoms with Crippen molar-refractivity contribution in [2.24, 2.45) is 5.92 Å². The first-order chi connectivity index (χ1) is 13.3. The predicted octanol–water partition coefficient (Wildman–Crippen LogP) is 1.73. The molecule has 3 amide bonds. The molecule has 28 heavy (non-hydrogen) atoms. The van der Waals surface area contributed by atoms with Crippen molar-refractivity contribution in [1.82, 2.24) is 15.2 Å². The molecule has 2 heterocycles. The van der Waals surface area contributed by atoms with E-state index in [1.54, 1.807) is 25.1 Å². The van der Waals surface area contributed by atoms with Crippen LogP contribution in [0.3, 0.4) is 0 Å². The molecule has 1 aromatic heterocycles. The highest BCUT2D eigenvalue weighted by Gasteiger charge is 2.54. The standard InChI is InChI=1S/C19H19FN4O4/c1-10(12-3-2-4-13(20)9-12)23-19(28)24-16(18(26)27)14(17(24)25)7-11-5-6-22-15(21)8-11/h2-6,8-10,14,16H,7H2,1H3,(H2,21,22)(H,23,28)(H,26,27)/t10?,14-,16+/m1/s1. The zero-order valence-corrected chi connectivity index (χ0v) is 15.0. The summed E-state index contributed by atoms with van der Waals surface area (Å²) in [5.41, 5.74) is 6.76. The van der Waals surface area contributed by atoms with E-state index in [1.165, 1.54) is 24.4 Å². The number of benzene rings is 1. The van der Waals surface area contributed by atoms with Gasteiger partial charge >= 0.3 is 12.0 Å². The molecule has 8 nitrogen and oxygen atoms in total. The van der Waals surface area contributed by atoms with E-state index >= 15 is 0 Å². The van der Waals surface area contributed by atoms with Crippen molar-refractivity contribution in [2.75, 3.05) is 5.73 Å². The molecule has 1 fully saturated rings. The number of amides is 3. The first-order valence-electron chi connectivity index (χ1n) is 8.60. The van der Waals surface area contributed by atoms with Gasteiger partial charge in [0, 0.05) is 6.20 Å². The van der Waals surface area contributed by atoms with Gasteiger partial charge in [-0.2, -0.15) is 0 Å². The van der Waals surface area contributed by atoms with Crippen LogP contribution < -0.4 is 11.1 Å². The van der Waals surface area contributed by atoms with Crippen molar-refractivity contribution in [3.63, 3.8) is 0 Å². The lowest BCUT2D eigenvalue weighted by Gasteiger charge is -2.43. The number of carboxylic acid groups (broad SMARTS) is 1. The number of carbonyl (C=O) groups is 3. The molecule has 1 unspecified atom stereocenters. The molecule has 3 rings (SSSR count). The minimum absolute atomic E-state index is 0.131. The smallest absolute Gasteiger partial charge is 0.327 e. The number of imide groups is 1. The molecule has 9 heteroatoms. The molecule has 146 valence electrons. The molecular formula is C19H19FN4O4. The van der Waals surface area contributed by atoms with E-state index < -0.39 is 41.7 Å². The number of nitrogen functional groups attached to an aromatic ring is 1. The maximum Gasteiger partial charge on any atom is 0.327 e. The molecule has 1 aliphatic rings. The van der Waals surface area contributed by atoms with Gasteiger partial charge < -0.3 is 16.2 Å². The topological polar surface area (TPSA) is 126 Å². The van der Waals surface area contributed by atoms with Gasteiger partial charge in [-0.15, -0.1) is 0 Å². The summed E-state index contributed by atoms with van der Waals surface area (Å²) in [6.45, 7) is 1.62. The number of anilines is 1. The number of likely N-dealkylation sites (tertiary alicyclic amines) is 1. The Morgan fingerprint density at radius 2 is 2.11 bits per heavy atom. The second-order valence-corrected chi connectivity index (χ2v) is 6.62. The highest BCUT2D eigenvalue weighted by molar-refractivity contribution is 6.07. The van der Waals surface area contributed by atoms with Gasteiger partial charge in [0.25, 0.3) is 0 Å². The lowest BCUT2D eigenvalue weighted by atomic mass is 9.82. The fourth-order valence-electron chi connectivity index (χ4n) is 3.25. The van der Waals surface area contributed by atoms with Crippen molar-refractivity contribution < 1.29 is 23.9 Å². The van der Waals surface area contributed by atoms with E-state index in [2.05, 4.69) is 10.3 Å². The molecule has 1 aromatic carbocycles. The molecule has 2 aromatic rings. The Balaban J connectivity index is 1.71. The van der Waals surface area contributed by atoms with Crippen LogP contribution in [0.1, 0.15) is 24.1 Å². The Morgan fingerprint density at radius 3 is 2.75 bits per heavy atom. The zero-order valence-electron chi connectivity index (χ0n) is 15.0. The number of aromatic nitrogens is 1. The van der Waals surface area contributed by atoms with Crippen molar-refractivity contribution in [3.05, 3.63) is 59.5 Å². The van der Waals surface area contributed by atoms with E-state index in [4.69, 9.17) is 5.73 Å². The second kappa shape index (κ2) is 7.63. The summed E-state index contributed by atoms with van der Waals surface area (Å²) in [5.74, 6) is -2.95. The third-order valence-corrected chi connectivity index (χ3v) is 4.68. The number of nitrogens with one attached hydrogen (secondary N) is 1. The summed E-state index contributed by atoms with van der Waals surface area (Å²) in [7, 11) is 0. The average molecular weight is 386 g/mol. The molecule has 0 radical (unpaired) electrons. The van der Waals surface area contributed by atoms with E-state index in [0.717, 1.165) is 0 Å². The Hall–Kier alpha value is -3.49. The number of pyridine rings is 1. The fraction of sp³-hybridized carbons (Fsp3) is 0.263. The third-order valence-electron chi connectivity index (χ3n) is 4.68. The summed E-state index contributed by atoms with van der Waals surface area (Å²) in [5, 5.41) is 12.0. The summed E-state index contributed by atoms with van der Waals surface area (Å²) in [6, 6.07) is 6.11. The molecule has 3 atom stereocenters. The van der Waals surface area contributed by atoms with Gasteiger partial charge in [-0.05, 0) is 48.7 Å². The third kappa shape index (κ3) is 3.78. The first-order valence-corrected chi connectivity index (χ1v) is 8.60. The minimum atomic E-state index is -1.29. The predicted molar refractivity (Wildman–Crippen MR) is 97.5 cm³/mol. The van der Waals surface area contributed by atoms with Crippen molar-refractivity contribution in [3.8, 4) is 0 Å². The Labute approximate surface area is 160 Å². The quantitative estimate of drug-likeness (QED) is 0.672. The number of rotatable bonds is 5. The molecule has 0 spiro atoms. The van der Waals surface area contributed by atoms with Crippen LogP contribution in [0.4, 0.5) is 15.0 Å². The minimum Gasteiger partial charge on any atom is -0.480 e. The number of nitrogens with zero attached hydrogens (tertiary/aromatic N) is 2. The summed E-state index contributed by atoms with van der Waals surface area (Å²) >= 11 is 0. The van der Waals surface area contributed by atoms with Crippen LogP contribution in [-0.4, -0.2) is 38.9 Å². The van der Waals surface area contributed by atoms with Crippen LogP contribution in [0.15, 0.2) is 42.6 Å². The number of hydrogen-bond acceptors (Lipinski definition) is 5. The number of nitrogens with two attached hydrogens (primary N) is 1. The van der Waals surface area contributed by atoms with Crippen LogP contribution >= 0.6 is 0 Å². The Bertz CT molecular complexity index is 936. The molecule has 0 saturated carbocycles. The lowest BCUT2D eigenvalue weighted by Crippen LogP contribution is -2.68. The molecule has 1 aliphatic heterocycles. The molecule has 0 aliphatic carbocycles. The highest BCUT2D eigenvalue weighted by atomic mass is 19.1. The number of β-lactam (4-membered cyclic amide) rings is 1. The number of hydrogen-bond donors (Lipinski definition) is 3. The number of aliphatic carboxylic acids is 1. The zero-order chi connectivity index (χ0) is 20.4. The van der Waals surface area contributed by atoms with Gasteiger partial charge in [0.15, 0.2) is 6.04 Å². The Morgan fingerprint density at radius 1 is 1.36 bits per heavy atom. The second-order valence-electron chi connectivity index (χ2n) is 6.62. The molecule has 0 bridgehead atoms. The molecular weight excluding hydrogens is 367 g/mol. The largest absolute Gasteiger partial charge is 0.480 e. The van der Waals surface area contributed by atoms with Gasteiger partial charge in [-0.3, -0.25) is 4.79 Å². The highest BCUT2D eigenvalue weighted by Crippen LogP contribution is 2.31. The van der Waals surface area contributed by atoms with Crippen LogP contribution in [0, 0.1) is 11.7 Å². The number of halogens is 1. The fourth-order valence-corrected chi connectivity index (χ4v) is 3.25. The average Bonchev–Trinajstić information content (AvgIpc) is 2.63. The number of carbonyl (C=O) groups excluding carboxylic acids is 2. The van der Waals surface area contributed by atoms with Crippen LogP contribution in [0.2, 0.25) is 0 Å². The van der Waals surface area contributed by atoms with E-state index in [0.29, 0.717) is 16.0 Å². The summed E-state index contributed by atoms with van der Waals surface area (Å²) < 4.78 is 13.3. The monoisotopic (exact) mass is 386 g/mol. The first kappa shape index (κ1) is 19.3. The SMILES string of the molecule is CC(NC(=O)N1C(=O)[C@H](Cc2ccnc(N)c2)[C@H]1C(=O)O)c1cccc(F)c1. The van der Waals surface area contributed by atoms with Crippen molar-refractivity contribution >= 4 is 23.7 Å². The van der Waals surface area contributed by atoms with Crippen molar-refractivity contribution in [1.29, 1.82) is 0 Å². The van der Waals surface area contributed by atoms with Gasteiger partial charge in [-0.1, -0.05) is 12.1 Å². The van der Waals surface area contributed by atoms with Gasteiger partial charge in [0.1, 0.15) is 11.6 Å². The summed E-state index contributed by atoms with van der Waals surface area (Å²) in [4.78, 5) is 41.1. The number of urea groups is 1. The van der Waals surface area contributed by atoms with Crippen LogP contribution in [0.5, 0.6) is 0 Å². The number of carboxylic acids is 1.